The Balaban J connectivity index is 1.20. The van der Waals surface area contributed by atoms with Crippen molar-refractivity contribution in [1.82, 2.24) is 9.80 Å². The second-order valence-corrected chi connectivity index (χ2v) is 9.48. The summed E-state index contributed by atoms with van der Waals surface area (Å²) in [5, 5.41) is 0. The van der Waals surface area contributed by atoms with Gasteiger partial charge in [-0.1, -0.05) is 30.3 Å². The molecular weight excluding hydrogens is 414 g/mol. The zero-order valence-electron chi connectivity index (χ0n) is 19.5. The van der Waals surface area contributed by atoms with E-state index in [1.165, 1.54) is 11.1 Å². The number of likely N-dealkylation sites (tertiary alicyclic amines) is 1. The zero-order chi connectivity index (χ0) is 22.8. The minimum atomic E-state index is -0.226. The van der Waals surface area contributed by atoms with Crippen molar-refractivity contribution in [2.24, 2.45) is 4.99 Å². The summed E-state index contributed by atoms with van der Waals surface area (Å²) in [5.74, 6) is 1.23. The summed E-state index contributed by atoms with van der Waals surface area (Å²) in [5.41, 5.74) is 3.55. The van der Waals surface area contributed by atoms with Crippen molar-refractivity contribution < 1.29 is 14.3 Å². The van der Waals surface area contributed by atoms with Crippen LogP contribution in [0.15, 0.2) is 53.5 Å². The van der Waals surface area contributed by atoms with Gasteiger partial charge in [0.15, 0.2) is 0 Å². The molecule has 3 aliphatic rings. The number of piperidine rings is 1. The third kappa shape index (κ3) is 4.68. The van der Waals surface area contributed by atoms with Crippen molar-refractivity contribution >= 4 is 17.8 Å². The predicted octanol–water partition coefficient (Wildman–Crippen LogP) is 4.34. The summed E-state index contributed by atoms with van der Waals surface area (Å²) in [6.45, 7) is 2.19. The van der Waals surface area contributed by atoms with Crippen LogP contribution in [0.25, 0.3) is 0 Å². The average Bonchev–Trinajstić information content (AvgIpc) is 3.39. The number of carbonyl (C=O) groups excluding carboxylic acids is 1. The van der Waals surface area contributed by atoms with Gasteiger partial charge in [-0.2, -0.15) is 0 Å². The smallest absolute Gasteiger partial charge is 0.251 e. The topological polar surface area (TPSA) is 54.4 Å². The van der Waals surface area contributed by atoms with E-state index in [1.54, 1.807) is 0 Å². The van der Waals surface area contributed by atoms with Gasteiger partial charge in [-0.05, 0) is 56.3 Å². The molecule has 2 aromatic rings. The molecule has 3 aliphatic heterocycles. The van der Waals surface area contributed by atoms with Crippen LogP contribution >= 0.6 is 0 Å². The van der Waals surface area contributed by atoms with Crippen LogP contribution in [0, 0.1) is 0 Å². The van der Waals surface area contributed by atoms with E-state index in [-0.39, 0.29) is 30.1 Å². The molecule has 3 heterocycles. The molecule has 2 fully saturated rings. The number of nitrogens with zero attached hydrogens (tertiary/aromatic N) is 3. The molecule has 6 heteroatoms. The number of fused-ring (bicyclic) bond motifs is 1. The zero-order valence-corrected chi connectivity index (χ0v) is 19.5. The van der Waals surface area contributed by atoms with Crippen LogP contribution in [0.5, 0.6) is 5.75 Å². The van der Waals surface area contributed by atoms with Crippen molar-refractivity contribution in [3.63, 3.8) is 0 Å². The van der Waals surface area contributed by atoms with E-state index in [1.807, 2.05) is 11.0 Å². The average molecular weight is 448 g/mol. The maximum absolute atomic E-state index is 12.6. The SMILES string of the molecule is CN(C)C1c2ccccc2N=CC1c1ccc(OC2CCN(C(=O)[C@H]3CCCO3)CC2)cc1. The summed E-state index contributed by atoms with van der Waals surface area (Å²) in [6.07, 6.45) is 5.54. The molecule has 5 rings (SSSR count). The molecule has 0 radical (unpaired) electrons. The van der Waals surface area contributed by atoms with Crippen molar-refractivity contribution in [1.29, 1.82) is 0 Å². The first-order chi connectivity index (χ1) is 16.1. The molecule has 0 spiro atoms. The van der Waals surface area contributed by atoms with Gasteiger partial charge in [-0.25, -0.2) is 0 Å². The lowest BCUT2D eigenvalue weighted by Crippen LogP contribution is -2.45. The van der Waals surface area contributed by atoms with Gasteiger partial charge in [-0.3, -0.25) is 9.79 Å². The third-order valence-corrected chi connectivity index (χ3v) is 7.05. The van der Waals surface area contributed by atoms with E-state index in [0.717, 1.165) is 50.2 Å². The number of amides is 1. The number of likely N-dealkylation sites (N-methyl/N-ethyl adjacent to an activating group) is 1. The maximum Gasteiger partial charge on any atom is 0.251 e. The van der Waals surface area contributed by atoms with E-state index in [4.69, 9.17) is 14.5 Å². The number of hydrogen-bond donors (Lipinski definition) is 0. The Kier molecular flexibility index (Phi) is 6.47. The highest BCUT2D eigenvalue weighted by molar-refractivity contribution is 5.81. The fourth-order valence-corrected chi connectivity index (χ4v) is 5.29. The van der Waals surface area contributed by atoms with Crippen LogP contribution in [0.1, 0.15) is 48.8 Å². The standard InChI is InChI=1S/C27H33N3O3/c1-29(2)26-22-6-3-4-7-24(22)28-18-23(26)19-9-11-20(12-10-19)33-21-13-15-30(16-14-21)27(31)25-8-5-17-32-25/h3-4,6-7,9-12,18,21,23,25-26H,5,8,13-17H2,1-2H3/t23?,25-,26?/m1/s1. The van der Waals surface area contributed by atoms with Crippen LogP contribution in [-0.2, 0) is 9.53 Å². The normalized spacial score (nSPS) is 25.3. The molecule has 33 heavy (non-hydrogen) atoms. The second-order valence-electron chi connectivity index (χ2n) is 9.48. The summed E-state index contributed by atoms with van der Waals surface area (Å²) < 4.78 is 11.8. The van der Waals surface area contributed by atoms with E-state index in [2.05, 4.69) is 67.7 Å². The minimum Gasteiger partial charge on any atom is -0.490 e. The molecule has 1 amide bonds. The van der Waals surface area contributed by atoms with Crippen LogP contribution in [0.4, 0.5) is 5.69 Å². The molecule has 2 aromatic carbocycles. The lowest BCUT2D eigenvalue weighted by Gasteiger charge is -2.34. The Morgan fingerprint density at radius 3 is 2.52 bits per heavy atom. The maximum atomic E-state index is 12.6. The van der Waals surface area contributed by atoms with Crippen molar-refractivity contribution in [2.45, 2.75) is 49.9 Å². The molecule has 2 saturated heterocycles. The van der Waals surface area contributed by atoms with Crippen molar-refractivity contribution in [3.8, 4) is 5.75 Å². The number of hydrogen-bond acceptors (Lipinski definition) is 5. The van der Waals surface area contributed by atoms with E-state index in [0.29, 0.717) is 6.61 Å². The van der Waals surface area contributed by atoms with E-state index >= 15 is 0 Å². The first kappa shape index (κ1) is 22.1. The van der Waals surface area contributed by atoms with Crippen LogP contribution < -0.4 is 4.74 Å². The number of para-hydroxylation sites is 1. The molecule has 2 unspecified atom stereocenters. The van der Waals surface area contributed by atoms with Gasteiger partial charge >= 0.3 is 0 Å². The van der Waals surface area contributed by atoms with Gasteiger partial charge < -0.3 is 19.3 Å². The molecule has 0 bridgehead atoms. The predicted molar refractivity (Wildman–Crippen MR) is 129 cm³/mol. The quantitative estimate of drug-likeness (QED) is 0.684. The lowest BCUT2D eigenvalue weighted by atomic mass is 9.84. The monoisotopic (exact) mass is 447 g/mol. The van der Waals surface area contributed by atoms with Crippen molar-refractivity contribution in [2.75, 3.05) is 33.8 Å². The Labute approximate surface area is 196 Å². The van der Waals surface area contributed by atoms with Crippen LogP contribution in [-0.4, -0.2) is 67.9 Å². The molecule has 0 saturated carbocycles. The number of benzene rings is 2. The molecular formula is C27H33N3O3. The highest BCUT2D eigenvalue weighted by atomic mass is 16.5. The Hall–Kier alpha value is -2.70. The fourth-order valence-electron chi connectivity index (χ4n) is 5.29. The van der Waals surface area contributed by atoms with Gasteiger partial charge in [0.25, 0.3) is 5.91 Å². The molecule has 174 valence electrons. The Morgan fingerprint density at radius 2 is 1.82 bits per heavy atom. The summed E-state index contributed by atoms with van der Waals surface area (Å²) in [7, 11) is 4.25. The van der Waals surface area contributed by atoms with Gasteiger partial charge in [0.2, 0.25) is 0 Å². The van der Waals surface area contributed by atoms with Gasteiger partial charge in [0.1, 0.15) is 18.0 Å². The Bertz CT molecular complexity index is 990. The fraction of sp³-hybridized carbons (Fsp3) is 0.481. The molecule has 0 aromatic heterocycles. The van der Waals surface area contributed by atoms with Gasteiger partial charge in [0.05, 0.1) is 5.69 Å². The van der Waals surface area contributed by atoms with E-state index in [9.17, 15) is 4.79 Å². The first-order valence-corrected chi connectivity index (χ1v) is 12.1. The molecule has 0 aliphatic carbocycles. The number of rotatable bonds is 5. The molecule has 6 nitrogen and oxygen atoms in total. The van der Waals surface area contributed by atoms with E-state index < -0.39 is 0 Å². The highest BCUT2D eigenvalue weighted by Crippen LogP contribution is 2.41. The molecule has 3 atom stereocenters. The van der Waals surface area contributed by atoms with Crippen LogP contribution in [0.3, 0.4) is 0 Å². The Morgan fingerprint density at radius 1 is 1.06 bits per heavy atom. The lowest BCUT2D eigenvalue weighted by molar-refractivity contribution is -0.142. The van der Waals surface area contributed by atoms with Gasteiger partial charge in [-0.15, -0.1) is 0 Å². The minimum absolute atomic E-state index is 0.141. The summed E-state index contributed by atoms with van der Waals surface area (Å²) in [6, 6.07) is 17.1. The number of carbonyl (C=O) groups is 1. The van der Waals surface area contributed by atoms with Crippen LogP contribution in [0.2, 0.25) is 0 Å². The second kappa shape index (κ2) is 9.65. The molecule has 0 N–H and O–H groups in total. The number of aliphatic imine (C=N–C) groups is 1. The van der Waals surface area contributed by atoms with Gasteiger partial charge in [0, 0.05) is 50.7 Å². The largest absolute Gasteiger partial charge is 0.490 e. The highest BCUT2D eigenvalue weighted by Gasteiger charge is 2.32. The number of ether oxygens (including phenoxy) is 2. The summed E-state index contributed by atoms with van der Waals surface area (Å²) in [4.78, 5) is 21.5. The third-order valence-electron chi connectivity index (χ3n) is 7.05. The van der Waals surface area contributed by atoms with Crippen molar-refractivity contribution in [3.05, 3.63) is 59.7 Å². The summed E-state index contributed by atoms with van der Waals surface area (Å²) >= 11 is 0. The first-order valence-electron chi connectivity index (χ1n) is 12.1.